The minimum absolute atomic E-state index is 0.141. The highest BCUT2D eigenvalue weighted by Crippen LogP contribution is 2.31. The summed E-state index contributed by atoms with van der Waals surface area (Å²) in [5.74, 6) is -0.749. The fourth-order valence-electron chi connectivity index (χ4n) is 4.64. The molecule has 1 N–H and O–H groups in total. The molecular weight excluding hydrogens is 442 g/mol. The summed E-state index contributed by atoms with van der Waals surface area (Å²) in [4.78, 5) is 21.2. The van der Waals surface area contributed by atoms with E-state index in [1.807, 2.05) is 27.0 Å². The van der Waals surface area contributed by atoms with Crippen LogP contribution in [0.4, 0.5) is 13.6 Å². The molecule has 0 radical (unpaired) electrons. The van der Waals surface area contributed by atoms with Crippen LogP contribution in [0.3, 0.4) is 0 Å². The Hall–Kier alpha value is -2.52. The lowest BCUT2D eigenvalue weighted by Crippen LogP contribution is -2.41. The van der Waals surface area contributed by atoms with Crippen molar-refractivity contribution < 1.29 is 23.4 Å². The number of hydrogen-bond acceptors (Lipinski definition) is 5. The van der Waals surface area contributed by atoms with Crippen molar-refractivity contribution in [3.63, 3.8) is 0 Å². The highest BCUT2D eigenvalue weighted by Gasteiger charge is 2.30. The molecule has 1 unspecified atom stereocenters. The topological polar surface area (TPSA) is 70.8 Å². The average molecular weight is 477 g/mol. The molecule has 0 saturated carbocycles. The van der Waals surface area contributed by atoms with E-state index in [-0.39, 0.29) is 18.1 Å². The van der Waals surface area contributed by atoms with E-state index in [0.717, 1.165) is 44.2 Å². The molecule has 4 rings (SSSR count). The van der Waals surface area contributed by atoms with E-state index in [1.165, 1.54) is 12.1 Å². The van der Waals surface area contributed by atoms with Crippen molar-refractivity contribution in [1.29, 1.82) is 0 Å². The summed E-state index contributed by atoms with van der Waals surface area (Å²) < 4.78 is 34.9. The standard InChI is InChI=1S/C25H34F2N4O3/c1-25(2,3)34-24(33)30-10-6-17(7-11-30)23-28-22(18-4-5-20(26)21(27)14-18)16-31(23)13-12-29-9-8-19(32)15-29/h4-5,14,16-17,19,32H,6-13,15H2,1-3H3. The third-order valence-corrected chi connectivity index (χ3v) is 6.44. The van der Waals surface area contributed by atoms with Gasteiger partial charge in [0, 0.05) is 56.9 Å². The van der Waals surface area contributed by atoms with Gasteiger partial charge < -0.3 is 19.3 Å². The van der Waals surface area contributed by atoms with Crippen molar-refractivity contribution in [2.75, 3.05) is 32.7 Å². The lowest BCUT2D eigenvalue weighted by Gasteiger charge is -2.33. The number of nitrogens with zero attached hydrogens (tertiary/aromatic N) is 4. The molecular formula is C25H34F2N4O3. The minimum Gasteiger partial charge on any atom is -0.444 e. The summed E-state index contributed by atoms with van der Waals surface area (Å²) in [6, 6.07) is 3.83. The normalized spacial score (nSPS) is 20.2. The Morgan fingerprint density at radius 3 is 2.47 bits per heavy atom. The Morgan fingerprint density at radius 1 is 1.12 bits per heavy atom. The molecule has 0 bridgehead atoms. The summed E-state index contributed by atoms with van der Waals surface area (Å²) in [7, 11) is 0. The zero-order valence-electron chi connectivity index (χ0n) is 20.1. The number of carbonyl (C=O) groups excluding carboxylic acids is 1. The van der Waals surface area contributed by atoms with Gasteiger partial charge in [-0.15, -0.1) is 0 Å². The van der Waals surface area contributed by atoms with E-state index >= 15 is 0 Å². The van der Waals surface area contributed by atoms with E-state index < -0.39 is 17.2 Å². The number of benzene rings is 1. The first-order valence-electron chi connectivity index (χ1n) is 12.0. The molecule has 2 saturated heterocycles. The summed E-state index contributed by atoms with van der Waals surface area (Å²) >= 11 is 0. The molecule has 2 aromatic rings. The van der Waals surface area contributed by atoms with Crippen molar-refractivity contribution in [3.05, 3.63) is 41.9 Å². The molecule has 1 amide bonds. The number of hydrogen-bond donors (Lipinski definition) is 1. The smallest absolute Gasteiger partial charge is 0.410 e. The molecule has 0 spiro atoms. The molecule has 0 aliphatic carbocycles. The maximum Gasteiger partial charge on any atom is 0.410 e. The Kier molecular flexibility index (Phi) is 7.23. The summed E-state index contributed by atoms with van der Waals surface area (Å²) in [6.07, 6.45) is 3.59. The first-order chi connectivity index (χ1) is 16.1. The number of ether oxygens (including phenoxy) is 1. The molecule has 1 aromatic carbocycles. The van der Waals surface area contributed by atoms with E-state index in [9.17, 15) is 18.7 Å². The van der Waals surface area contributed by atoms with Gasteiger partial charge in [-0.2, -0.15) is 0 Å². The van der Waals surface area contributed by atoms with Crippen molar-refractivity contribution in [1.82, 2.24) is 19.4 Å². The maximum atomic E-state index is 13.9. The van der Waals surface area contributed by atoms with Gasteiger partial charge in [-0.25, -0.2) is 18.6 Å². The highest BCUT2D eigenvalue weighted by molar-refractivity contribution is 5.68. The Morgan fingerprint density at radius 2 is 1.85 bits per heavy atom. The highest BCUT2D eigenvalue weighted by atomic mass is 19.2. The second-order valence-corrected chi connectivity index (χ2v) is 10.3. The fraction of sp³-hybridized carbons (Fsp3) is 0.600. The number of piperidine rings is 1. The van der Waals surface area contributed by atoms with E-state index in [1.54, 1.807) is 4.90 Å². The molecule has 2 aliphatic rings. The van der Waals surface area contributed by atoms with Crippen LogP contribution in [0.15, 0.2) is 24.4 Å². The molecule has 186 valence electrons. The predicted octanol–water partition coefficient (Wildman–Crippen LogP) is 4.01. The number of rotatable bonds is 5. The van der Waals surface area contributed by atoms with Crippen LogP contribution in [0, 0.1) is 11.6 Å². The van der Waals surface area contributed by atoms with Gasteiger partial charge in [0.25, 0.3) is 0 Å². The SMILES string of the molecule is CC(C)(C)OC(=O)N1CCC(c2nc(-c3ccc(F)c(F)c3)cn2CCN2CCC(O)C2)CC1. The summed E-state index contributed by atoms with van der Waals surface area (Å²) in [6.45, 7) is 9.69. The zero-order chi connectivity index (χ0) is 24.5. The zero-order valence-corrected chi connectivity index (χ0v) is 20.1. The number of aliphatic hydroxyl groups is 1. The fourth-order valence-corrected chi connectivity index (χ4v) is 4.64. The number of amides is 1. The van der Waals surface area contributed by atoms with Crippen LogP contribution >= 0.6 is 0 Å². The van der Waals surface area contributed by atoms with Crippen LogP contribution < -0.4 is 0 Å². The molecule has 2 fully saturated rings. The van der Waals surface area contributed by atoms with Crippen LogP contribution in [0.25, 0.3) is 11.3 Å². The number of likely N-dealkylation sites (tertiary alicyclic amines) is 2. The molecule has 1 atom stereocenters. The van der Waals surface area contributed by atoms with Gasteiger partial charge in [0.15, 0.2) is 11.6 Å². The monoisotopic (exact) mass is 476 g/mol. The van der Waals surface area contributed by atoms with Crippen LogP contribution in [-0.4, -0.2) is 75.0 Å². The largest absolute Gasteiger partial charge is 0.444 e. The van der Waals surface area contributed by atoms with E-state index in [0.29, 0.717) is 37.4 Å². The lowest BCUT2D eigenvalue weighted by atomic mass is 9.96. The first-order valence-corrected chi connectivity index (χ1v) is 12.0. The Labute approximate surface area is 199 Å². The van der Waals surface area contributed by atoms with Crippen molar-refractivity contribution >= 4 is 6.09 Å². The number of β-amino-alcohol motifs (C(OH)–C–C–N with tert-alkyl or cyclic N) is 1. The van der Waals surface area contributed by atoms with Gasteiger partial charge in [-0.3, -0.25) is 4.90 Å². The van der Waals surface area contributed by atoms with Gasteiger partial charge in [-0.05, 0) is 58.2 Å². The van der Waals surface area contributed by atoms with Crippen LogP contribution in [0.5, 0.6) is 0 Å². The third kappa shape index (κ3) is 5.93. The van der Waals surface area contributed by atoms with Crippen LogP contribution in [-0.2, 0) is 11.3 Å². The Balaban J connectivity index is 1.51. The number of carbonyl (C=O) groups is 1. The second-order valence-electron chi connectivity index (χ2n) is 10.3. The van der Waals surface area contributed by atoms with Gasteiger partial charge in [0.05, 0.1) is 11.8 Å². The quantitative estimate of drug-likeness (QED) is 0.706. The molecule has 3 heterocycles. The number of aromatic nitrogens is 2. The predicted molar refractivity (Wildman–Crippen MR) is 124 cm³/mol. The van der Waals surface area contributed by atoms with Crippen LogP contribution in [0.2, 0.25) is 0 Å². The second kappa shape index (κ2) is 10.00. The van der Waals surface area contributed by atoms with Gasteiger partial charge in [-0.1, -0.05) is 0 Å². The van der Waals surface area contributed by atoms with Crippen LogP contribution in [0.1, 0.15) is 51.8 Å². The molecule has 9 heteroatoms. The van der Waals surface area contributed by atoms with E-state index in [4.69, 9.17) is 9.72 Å². The maximum absolute atomic E-state index is 13.9. The molecule has 2 aliphatic heterocycles. The molecule has 1 aromatic heterocycles. The van der Waals surface area contributed by atoms with Crippen molar-refractivity contribution in [3.8, 4) is 11.3 Å². The molecule has 34 heavy (non-hydrogen) atoms. The average Bonchev–Trinajstić information content (AvgIpc) is 3.39. The first kappa shape index (κ1) is 24.6. The summed E-state index contributed by atoms with van der Waals surface area (Å²) in [5, 5.41) is 9.83. The minimum atomic E-state index is -0.898. The lowest BCUT2D eigenvalue weighted by molar-refractivity contribution is 0.0202. The van der Waals surface area contributed by atoms with Gasteiger partial charge in [0.1, 0.15) is 11.4 Å². The third-order valence-electron chi connectivity index (χ3n) is 6.44. The summed E-state index contributed by atoms with van der Waals surface area (Å²) in [5.41, 5.74) is 0.596. The van der Waals surface area contributed by atoms with Crippen molar-refractivity contribution in [2.45, 2.75) is 64.2 Å². The van der Waals surface area contributed by atoms with Gasteiger partial charge in [0.2, 0.25) is 0 Å². The Bertz CT molecular complexity index is 1010. The number of imidazole rings is 1. The molecule has 7 nitrogen and oxygen atoms in total. The van der Waals surface area contributed by atoms with Gasteiger partial charge >= 0.3 is 6.09 Å². The van der Waals surface area contributed by atoms with Crippen molar-refractivity contribution in [2.24, 2.45) is 0 Å². The van der Waals surface area contributed by atoms with E-state index in [2.05, 4.69) is 9.47 Å². The number of aliphatic hydroxyl groups excluding tert-OH is 1. The number of halogens is 2.